The van der Waals surface area contributed by atoms with E-state index >= 15 is 0 Å². The lowest BCUT2D eigenvalue weighted by atomic mass is 10.0. The molecule has 164 valence electrons. The van der Waals surface area contributed by atoms with Gasteiger partial charge in [-0.25, -0.2) is 13.8 Å². The Bertz CT molecular complexity index is 941. The van der Waals surface area contributed by atoms with Gasteiger partial charge in [-0.05, 0) is 24.1 Å². The van der Waals surface area contributed by atoms with Gasteiger partial charge in [0, 0.05) is 31.7 Å². The van der Waals surface area contributed by atoms with Crippen LogP contribution in [0.3, 0.4) is 0 Å². The van der Waals surface area contributed by atoms with Gasteiger partial charge < -0.3 is 15.2 Å². The molecule has 1 aromatic heterocycles. The third-order valence-electron chi connectivity index (χ3n) is 4.75. The number of imidazole rings is 1. The van der Waals surface area contributed by atoms with Gasteiger partial charge >= 0.3 is 12.1 Å². The normalized spacial score (nSPS) is 15.8. The summed E-state index contributed by atoms with van der Waals surface area (Å²) in [7, 11) is 0. The number of benzene rings is 1. The van der Waals surface area contributed by atoms with E-state index in [1.165, 1.54) is 11.0 Å². The van der Waals surface area contributed by atoms with E-state index in [2.05, 4.69) is 4.98 Å². The minimum absolute atomic E-state index is 0.000419. The van der Waals surface area contributed by atoms with Crippen LogP contribution in [0.4, 0.5) is 30.7 Å². The second-order valence-corrected chi connectivity index (χ2v) is 7.04. The van der Waals surface area contributed by atoms with Gasteiger partial charge in [-0.15, -0.1) is 0 Å². The first-order valence-corrected chi connectivity index (χ1v) is 8.87. The third-order valence-corrected chi connectivity index (χ3v) is 4.75. The van der Waals surface area contributed by atoms with E-state index in [9.17, 15) is 35.5 Å². The Labute approximate surface area is 166 Å². The summed E-state index contributed by atoms with van der Waals surface area (Å²) in [6.45, 7) is -0.164. The molecule has 0 saturated carbocycles. The van der Waals surface area contributed by atoms with Crippen molar-refractivity contribution in [3.8, 4) is 0 Å². The molecule has 12 heteroatoms. The SMILES string of the molecule is NC(CC(=O)N1CCn2cc(C(F)(F)C(F)(F)F)nc2C1)Cc1ccc(F)c(F)c1. The Morgan fingerprint density at radius 3 is 2.47 bits per heavy atom. The number of nitrogens with two attached hydrogens (primary N) is 1. The van der Waals surface area contributed by atoms with Gasteiger partial charge in [-0.1, -0.05) is 6.07 Å². The van der Waals surface area contributed by atoms with Crippen LogP contribution in [0.2, 0.25) is 0 Å². The van der Waals surface area contributed by atoms with Crippen LogP contribution >= 0.6 is 0 Å². The molecular formula is C18H17F7N4O. The van der Waals surface area contributed by atoms with Crippen molar-refractivity contribution in [1.82, 2.24) is 14.5 Å². The molecule has 1 unspecified atom stereocenters. The van der Waals surface area contributed by atoms with E-state index in [0.717, 1.165) is 16.7 Å². The summed E-state index contributed by atoms with van der Waals surface area (Å²) < 4.78 is 92.0. The number of hydrogen-bond acceptors (Lipinski definition) is 3. The van der Waals surface area contributed by atoms with Crippen molar-refractivity contribution in [3.05, 3.63) is 53.1 Å². The Hall–Kier alpha value is -2.63. The van der Waals surface area contributed by atoms with Gasteiger partial charge in [0.2, 0.25) is 5.91 Å². The molecule has 1 atom stereocenters. The topological polar surface area (TPSA) is 64.2 Å². The van der Waals surface area contributed by atoms with E-state index in [4.69, 9.17) is 5.73 Å². The first-order valence-electron chi connectivity index (χ1n) is 8.87. The molecule has 0 fully saturated rings. The van der Waals surface area contributed by atoms with E-state index in [1.54, 1.807) is 0 Å². The highest BCUT2D eigenvalue weighted by atomic mass is 19.4. The van der Waals surface area contributed by atoms with Gasteiger partial charge in [0.25, 0.3) is 0 Å². The van der Waals surface area contributed by atoms with Gasteiger partial charge in [0.05, 0.1) is 6.54 Å². The van der Waals surface area contributed by atoms with Crippen LogP contribution in [0.15, 0.2) is 24.4 Å². The van der Waals surface area contributed by atoms with Crippen LogP contribution < -0.4 is 5.73 Å². The van der Waals surface area contributed by atoms with Crippen molar-refractivity contribution in [1.29, 1.82) is 0 Å². The predicted octanol–water partition coefficient (Wildman–Crippen LogP) is 3.12. The molecule has 1 aliphatic heterocycles. The van der Waals surface area contributed by atoms with Gasteiger partial charge in [0.1, 0.15) is 11.5 Å². The van der Waals surface area contributed by atoms with Crippen molar-refractivity contribution in [2.24, 2.45) is 5.73 Å². The number of carbonyl (C=O) groups is 1. The van der Waals surface area contributed by atoms with Crippen LogP contribution in [-0.4, -0.2) is 39.1 Å². The summed E-state index contributed by atoms with van der Waals surface area (Å²) in [5, 5.41) is 0. The lowest BCUT2D eigenvalue weighted by Crippen LogP contribution is -2.41. The fraction of sp³-hybridized carbons (Fsp3) is 0.444. The number of halogens is 7. The van der Waals surface area contributed by atoms with Crippen LogP contribution in [-0.2, 0) is 30.2 Å². The molecule has 3 rings (SSSR count). The summed E-state index contributed by atoms with van der Waals surface area (Å²) in [6, 6.07) is 2.52. The molecule has 0 saturated heterocycles. The Kier molecular flexibility index (Phi) is 5.81. The van der Waals surface area contributed by atoms with Crippen LogP contribution in [0.1, 0.15) is 23.5 Å². The number of rotatable bonds is 5. The number of nitrogens with zero attached hydrogens (tertiary/aromatic N) is 3. The molecular weight excluding hydrogens is 421 g/mol. The van der Waals surface area contributed by atoms with Crippen molar-refractivity contribution in [2.75, 3.05) is 6.54 Å². The molecule has 2 N–H and O–H groups in total. The van der Waals surface area contributed by atoms with Crippen molar-refractivity contribution < 1.29 is 35.5 Å². The number of alkyl halides is 5. The second kappa shape index (κ2) is 7.89. The average Bonchev–Trinajstić information content (AvgIpc) is 3.07. The largest absolute Gasteiger partial charge is 0.459 e. The zero-order valence-corrected chi connectivity index (χ0v) is 15.4. The molecule has 30 heavy (non-hydrogen) atoms. The van der Waals surface area contributed by atoms with Gasteiger partial charge in [-0.3, -0.25) is 4.79 Å². The quantitative estimate of drug-likeness (QED) is 0.730. The van der Waals surface area contributed by atoms with E-state index in [0.29, 0.717) is 11.8 Å². The summed E-state index contributed by atoms with van der Waals surface area (Å²) in [5.74, 6) is -7.70. The molecule has 1 aliphatic rings. The first-order chi connectivity index (χ1) is 13.9. The number of aromatic nitrogens is 2. The summed E-state index contributed by atoms with van der Waals surface area (Å²) in [6.07, 6.45) is -5.22. The first kappa shape index (κ1) is 22.1. The van der Waals surface area contributed by atoms with Gasteiger partial charge in [0.15, 0.2) is 11.6 Å². The summed E-state index contributed by atoms with van der Waals surface area (Å²) >= 11 is 0. The molecule has 0 spiro atoms. The monoisotopic (exact) mass is 438 g/mol. The maximum Gasteiger partial charge on any atom is 0.459 e. The number of amides is 1. The van der Waals surface area contributed by atoms with Gasteiger partial charge in [-0.2, -0.15) is 22.0 Å². The van der Waals surface area contributed by atoms with Crippen molar-refractivity contribution in [3.63, 3.8) is 0 Å². The number of carbonyl (C=O) groups excluding carboxylic acids is 1. The molecule has 0 radical (unpaired) electrons. The summed E-state index contributed by atoms with van der Waals surface area (Å²) in [5.41, 5.74) is 4.87. The van der Waals surface area contributed by atoms with E-state index in [-0.39, 0.29) is 38.3 Å². The molecule has 5 nitrogen and oxygen atoms in total. The van der Waals surface area contributed by atoms with Crippen LogP contribution in [0.5, 0.6) is 0 Å². The van der Waals surface area contributed by atoms with Crippen LogP contribution in [0.25, 0.3) is 0 Å². The highest BCUT2D eigenvalue weighted by Crippen LogP contribution is 2.43. The fourth-order valence-corrected chi connectivity index (χ4v) is 3.16. The zero-order chi connectivity index (χ0) is 22.3. The molecule has 1 amide bonds. The number of hydrogen-bond donors (Lipinski definition) is 1. The summed E-state index contributed by atoms with van der Waals surface area (Å²) in [4.78, 5) is 17.1. The standard InChI is InChI=1S/C18H17F7N4O/c19-12-2-1-10(6-13(12)20)5-11(26)7-16(30)29-4-3-28-8-14(27-15(28)9-29)17(21,22)18(23,24)25/h1-2,6,8,11H,3-5,7,9,26H2. The fourth-order valence-electron chi connectivity index (χ4n) is 3.16. The lowest BCUT2D eigenvalue weighted by Gasteiger charge is -2.28. The number of fused-ring (bicyclic) bond motifs is 1. The van der Waals surface area contributed by atoms with Crippen molar-refractivity contribution in [2.45, 2.75) is 44.1 Å². The maximum absolute atomic E-state index is 13.5. The van der Waals surface area contributed by atoms with Crippen LogP contribution in [0, 0.1) is 11.6 Å². The third kappa shape index (κ3) is 4.42. The molecule has 0 aliphatic carbocycles. The predicted molar refractivity (Wildman–Crippen MR) is 90.2 cm³/mol. The highest BCUT2D eigenvalue weighted by Gasteiger charge is 2.60. The van der Waals surface area contributed by atoms with E-state index < -0.39 is 41.4 Å². The smallest absolute Gasteiger partial charge is 0.333 e. The maximum atomic E-state index is 13.5. The second-order valence-electron chi connectivity index (χ2n) is 7.04. The Balaban J connectivity index is 1.63. The van der Waals surface area contributed by atoms with E-state index in [1.807, 2.05) is 0 Å². The molecule has 1 aromatic carbocycles. The molecule has 0 bridgehead atoms. The molecule has 2 heterocycles. The average molecular weight is 438 g/mol. The van der Waals surface area contributed by atoms with Crippen molar-refractivity contribution >= 4 is 5.91 Å². The minimum atomic E-state index is -5.78. The Morgan fingerprint density at radius 2 is 1.83 bits per heavy atom. The Morgan fingerprint density at radius 1 is 1.13 bits per heavy atom. The zero-order valence-electron chi connectivity index (χ0n) is 15.4. The minimum Gasteiger partial charge on any atom is -0.333 e. The molecule has 2 aromatic rings. The lowest BCUT2D eigenvalue weighted by molar-refractivity contribution is -0.290. The highest BCUT2D eigenvalue weighted by molar-refractivity contribution is 5.76.